The van der Waals surface area contributed by atoms with Gasteiger partial charge in [0.25, 0.3) is 5.91 Å². The summed E-state index contributed by atoms with van der Waals surface area (Å²) < 4.78 is 4.92. The Labute approximate surface area is 148 Å². The Balaban J connectivity index is 2.18. The van der Waals surface area contributed by atoms with Gasteiger partial charge in [-0.3, -0.25) is 9.59 Å². The molecule has 8 nitrogen and oxygen atoms in total. The molecule has 0 aliphatic carbocycles. The molecular weight excluding hydrogens is 340 g/mol. The zero-order chi connectivity index (χ0) is 19.3. The van der Waals surface area contributed by atoms with Crippen molar-refractivity contribution >= 4 is 29.1 Å². The number of aromatic nitrogens is 1. The molecule has 134 valence electrons. The fourth-order valence-corrected chi connectivity index (χ4v) is 2.01. The summed E-state index contributed by atoms with van der Waals surface area (Å²) in [4.78, 5) is 39.0. The van der Waals surface area contributed by atoms with Crippen molar-refractivity contribution in [3.05, 3.63) is 59.3 Å². The van der Waals surface area contributed by atoms with E-state index in [4.69, 9.17) is 9.84 Å². The molecule has 0 saturated heterocycles. The van der Waals surface area contributed by atoms with Gasteiger partial charge in [0.05, 0.1) is 12.7 Å². The number of rotatable bonds is 6. The summed E-state index contributed by atoms with van der Waals surface area (Å²) in [7, 11) is 1.40. The van der Waals surface area contributed by atoms with Crippen molar-refractivity contribution in [3.63, 3.8) is 0 Å². The third kappa shape index (κ3) is 4.44. The average Bonchev–Trinajstić information content (AvgIpc) is 2.63. The van der Waals surface area contributed by atoms with Crippen molar-refractivity contribution in [1.82, 2.24) is 4.98 Å². The Kier molecular flexibility index (Phi) is 5.69. The summed E-state index contributed by atoms with van der Waals surface area (Å²) in [6.45, 7) is 1.65. The van der Waals surface area contributed by atoms with E-state index in [1.165, 1.54) is 31.4 Å². The van der Waals surface area contributed by atoms with Gasteiger partial charge in [0, 0.05) is 17.8 Å². The van der Waals surface area contributed by atoms with E-state index in [0.29, 0.717) is 5.56 Å². The number of aryl methyl sites for hydroxylation is 1. The van der Waals surface area contributed by atoms with Gasteiger partial charge >= 0.3 is 5.97 Å². The highest BCUT2D eigenvalue weighted by atomic mass is 16.5. The average molecular weight is 356 g/mol. The summed E-state index contributed by atoms with van der Waals surface area (Å²) in [5.41, 5.74) is 0.807. The standard InChI is InChI=1S/C18H16N2O6/c1-10-6-7-11(18(24)25)8-13(10)20-17(23)15(22)9-14(21)12-4-3-5-16(19-12)26-2/h3-9,21H,1-2H3,(H,20,23)(H,24,25)/b14-9-. The Bertz CT molecular complexity index is 904. The number of ether oxygens (including phenoxy) is 1. The van der Waals surface area contributed by atoms with Gasteiger partial charge in [0.1, 0.15) is 11.5 Å². The molecule has 0 atom stereocenters. The summed E-state index contributed by atoms with van der Waals surface area (Å²) in [6, 6.07) is 8.71. The lowest BCUT2D eigenvalue weighted by atomic mass is 10.1. The molecule has 0 aliphatic heterocycles. The van der Waals surface area contributed by atoms with E-state index in [1.54, 1.807) is 19.1 Å². The number of methoxy groups -OCH3 is 1. The number of anilines is 1. The first-order chi connectivity index (χ1) is 12.3. The number of aliphatic hydroxyl groups is 1. The van der Waals surface area contributed by atoms with E-state index in [0.717, 1.165) is 6.08 Å². The lowest BCUT2D eigenvalue weighted by molar-refractivity contribution is -0.132. The second kappa shape index (κ2) is 7.93. The van der Waals surface area contributed by atoms with Crippen molar-refractivity contribution in [2.75, 3.05) is 12.4 Å². The fraction of sp³-hybridized carbons (Fsp3) is 0.111. The van der Waals surface area contributed by atoms with E-state index in [2.05, 4.69) is 10.3 Å². The zero-order valence-electron chi connectivity index (χ0n) is 14.0. The number of pyridine rings is 1. The topological polar surface area (TPSA) is 126 Å². The van der Waals surface area contributed by atoms with Crippen molar-refractivity contribution in [1.29, 1.82) is 0 Å². The summed E-state index contributed by atoms with van der Waals surface area (Å²) in [5, 5.41) is 21.3. The highest BCUT2D eigenvalue weighted by molar-refractivity contribution is 6.45. The van der Waals surface area contributed by atoms with Crippen LogP contribution in [-0.4, -0.2) is 40.0 Å². The number of aliphatic hydroxyl groups excluding tert-OH is 1. The molecule has 3 N–H and O–H groups in total. The van der Waals surface area contributed by atoms with Gasteiger partial charge in [0.15, 0.2) is 0 Å². The summed E-state index contributed by atoms with van der Waals surface area (Å²) >= 11 is 0. The third-order valence-corrected chi connectivity index (χ3v) is 3.42. The molecular formula is C18H16N2O6. The van der Waals surface area contributed by atoms with Crippen molar-refractivity contribution < 1.29 is 29.3 Å². The van der Waals surface area contributed by atoms with Crippen LogP contribution < -0.4 is 10.1 Å². The summed E-state index contributed by atoms with van der Waals surface area (Å²) in [5.74, 6) is -3.47. The van der Waals surface area contributed by atoms with Crippen molar-refractivity contribution in [2.24, 2.45) is 0 Å². The predicted molar refractivity (Wildman–Crippen MR) is 93.2 cm³/mol. The van der Waals surface area contributed by atoms with E-state index < -0.39 is 23.4 Å². The first-order valence-electron chi connectivity index (χ1n) is 7.43. The molecule has 1 amide bonds. The molecule has 0 saturated carbocycles. The zero-order valence-corrected chi connectivity index (χ0v) is 14.0. The van der Waals surface area contributed by atoms with Crippen molar-refractivity contribution in [2.45, 2.75) is 6.92 Å². The number of hydrogen-bond donors (Lipinski definition) is 3. The molecule has 1 heterocycles. The Morgan fingerprint density at radius 1 is 1.15 bits per heavy atom. The molecule has 0 unspecified atom stereocenters. The highest BCUT2D eigenvalue weighted by Crippen LogP contribution is 2.18. The van der Waals surface area contributed by atoms with Gasteiger partial charge in [-0.15, -0.1) is 0 Å². The third-order valence-electron chi connectivity index (χ3n) is 3.42. The van der Waals surface area contributed by atoms with Gasteiger partial charge in [-0.25, -0.2) is 9.78 Å². The Morgan fingerprint density at radius 3 is 2.54 bits per heavy atom. The quantitative estimate of drug-likeness (QED) is 0.411. The maximum Gasteiger partial charge on any atom is 0.335 e. The van der Waals surface area contributed by atoms with Gasteiger partial charge in [-0.1, -0.05) is 12.1 Å². The van der Waals surface area contributed by atoms with Crippen LogP contribution in [0.4, 0.5) is 5.69 Å². The van der Waals surface area contributed by atoms with Crippen LogP contribution in [0.25, 0.3) is 5.76 Å². The molecule has 1 aromatic heterocycles. The molecule has 0 fully saturated rings. The van der Waals surface area contributed by atoms with Crippen LogP contribution in [0, 0.1) is 6.92 Å². The van der Waals surface area contributed by atoms with Crippen LogP contribution in [0.3, 0.4) is 0 Å². The second-order valence-electron chi connectivity index (χ2n) is 5.25. The van der Waals surface area contributed by atoms with Crippen LogP contribution in [0.5, 0.6) is 5.88 Å². The molecule has 2 aromatic rings. The number of benzene rings is 1. The first kappa shape index (κ1) is 18.7. The number of carbonyl (C=O) groups excluding carboxylic acids is 2. The van der Waals surface area contributed by atoms with E-state index >= 15 is 0 Å². The number of amides is 1. The lowest BCUT2D eigenvalue weighted by Crippen LogP contribution is -2.22. The fourth-order valence-electron chi connectivity index (χ4n) is 2.01. The predicted octanol–water partition coefficient (Wildman–Crippen LogP) is 2.20. The number of carbonyl (C=O) groups is 3. The van der Waals surface area contributed by atoms with Crippen LogP contribution in [-0.2, 0) is 9.59 Å². The second-order valence-corrected chi connectivity index (χ2v) is 5.25. The molecule has 0 spiro atoms. The lowest BCUT2D eigenvalue weighted by Gasteiger charge is -2.08. The monoisotopic (exact) mass is 356 g/mol. The van der Waals surface area contributed by atoms with Gasteiger partial charge in [-0.2, -0.15) is 0 Å². The van der Waals surface area contributed by atoms with Gasteiger partial charge in [-0.05, 0) is 30.7 Å². The molecule has 26 heavy (non-hydrogen) atoms. The van der Waals surface area contributed by atoms with Crippen LogP contribution in [0.15, 0.2) is 42.5 Å². The molecule has 2 rings (SSSR count). The number of nitrogens with one attached hydrogen (secondary N) is 1. The Hall–Kier alpha value is -3.68. The number of ketones is 1. The molecule has 1 aromatic carbocycles. The first-order valence-corrected chi connectivity index (χ1v) is 7.43. The normalized spacial score (nSPS) is 10.9. The minimum Gasteiger partial charge on any atom is -0.506 e. The van der Waals surface area contributed by atoms with Crippen LogP contribution in [0.2, 0.25) is 0 Å². The molecule has 8 heteroatoms. The number of carboxylic acid groups (broad SMARTS) is 1. The summed E-state index contributed by atoms with van der Waals surface area (Å²) in [6.07, 6.45) is 0.730. The number of hydrogen-bond acceptors (Lipinski definition) is 6. The maximum absolute atomic E-state index is 12.0. The number of nitrogens with zero attached hydrogens (tertiary/aromatic N) is 1. The molecule has 0 radical (unpaired) electrons. The largest absolute Gasteiger partial charge is 0.506 e. The van der Waals surface area contributed by atoms with E-state index in [1.807, 2.05) is 0 Å². The van der Waals surface area contributed by atoms with Gasteiger partial charge < -0.3 is 20.3 Å². The smallest absolute Gasteiger partial charge is 0.335 e. The minimum atomic E-state index is -1.16. The van der Waals surface area contributed by atoms with E-state index in [-0.39, 0.29) is 22.8 Å². The minimum absolute atomic E-state index is 0.0303. The van der Waals surface area contributed by atoms with Crippen LogP contribution >= 0.6 is 0 Å². The van der Waals surface area contributed by atoms with Gasteiger partial charge in [0.2, 0.25) is 11.7 Å². The SMILES string of the molecule is COc1cccc(/C(O)=C/C(=O)C(=O)Nc2cc(C(=O)O)ccc2C)n1. The molecule has 0 aliphatic rings. The maximum atomic E-state index is 12.0. The number of aromatic carboxylic acids is 1. The number of carboxylic acids is 1. The van der Waals surface area contributed by atoms with Crippen LogP contribution in [0.1, 0.15) is 21.6 Å². The molecule has 0 bridgehead atoms. The van der Waals surface area contributed by atoms with Crippen molar-refractivity contribution in [3.8, 4) is 5.88 Å². The Morgan fingerprint density at radius 2 is 1.88 bits per heavy atom. The highest BCUT2D eigenvalue weighted by Gasteiger charge is 2.16. The van der Waals surface area contributed by atoms with E-state index in [9.17, 15) is 19.5 Å².